The molecule has 1 aromatic carbocycles. The average Bonchev–Trinajstić information content (AvgIpc) is 3.75. The summed E-state index contributed by atoms with van der Waals surface area (Å²) in [5.41, 5.74) is 0.602. The van der Waals surface area contributed by atoms with Gasteiger partial charge in [-0.2, -0.15) is 0 Å². The van der Waals surface area contributed by atoms with E-state index in [1.807, 2.05) is 26.8 Å². The second-order valence-electron chi connectivity index (χ2n) is 20.1. The Bertz CT molecular complexity index is 1530. The van der Waals surface area contributed by atoms with Crippen LogP contribution in [0.25, 0.3) is 0 Å². The maximum absolute atomic E-state index is 12.7. The molecular weight excluding hydrogens is 663 g/mol. The summed E-state index contributed by atoms with van der Waals surface area (Å²) in [6.45, 7) is 20.8. The van der Waals surface area contributed by atoms with E-state index in [9.17, 15) is 10.2 Å². The minimum absolute atomic E-state index is 0.00606. The highest BCUT2D eigenvalue weighted by Gasteiger charge is 2.84. The summed E-state index contributed by atoms with van der Waals surface area (Å²) in [4.78, 5) is 2.41. The van der Waals surface area contributed by atoms with Gasteiger partial charge >= 0.3 is 0 Å². The summed E-state index contributed by atoms with van der Waals surface area (Å²) in [5, 5.41) is 23.8. The highest BCUT2D eigenvalue weighted by Crippen LogP contribution is 2.89. The monoisotopic (exact) mass is 732 g/mol. The zero-order chi connectivity index (χ0) is 37.6. The summed E-state index contributed by atoms with van der Waals surface area (Å²) >= 11 is 0. The van der Waals surface area contributed by atoms with Crippen LogP contribution < -0.4 is 4.90 Å². The smallest absolute Gasteiger partial charge is 0.175 e. The number of hydrogen-bond acceptors (Lipinski definition) is 7. The molecule has 7 fully saturated rings. The van der Waals surface area contributed by atoms with E-state index >= 15 is 0 Å². The maximum atomic E-state index is 12.7. The lowest BCUT2D eigenvalue weighted by Gasteiger charge is -2.64. The number of rotatable bonds is 7. The fourth-order valence-corrected chi connectivity index (χ4v) is 14.7. The molecule has 2 aliphatic heterocycles. The lowest BCUT2D eigenvalue weighted by atomic mass is 9.41. The molecule has 0 bridgehead atoms. The first-order valence-corrected chi connectivity index (χ1v) is 21.2. The minimum Gasteiger partial charge on any atom is -0.390 e. The van der Waals surface area contributed by atoms with Gasteiger partial charge in [-0.1, -0.05) is 77.1 Å². The molecule has 5 saturated carbocycles. The van der Waals surface area contributed by atoms with Gasteiger partial charge in [-0.05, 0) is 130 Å². The van der Waals surface area contributed by atoms with E-state index in [0.29, 0.717) is 42.3 Å². The van der Waals surface area contributed by atoms with Crippen molar-refractivity contribution in [2.45, 2.75) is 149 Å². The molecule has 294 valence electrons. The second-order valence-corrected chi connectivity index (χ2v) is 20.1. The Balaban J connectivity index is 1.00. The molecule has 7 heteroatoms. The maximum Gasteiger partial charge on any atom is 0.175 e. The Labute approximate surface area is 319 Å². The number of hydrogen-bond donors (Lipinski definition) is 2. The van der Waals surface area contributed by atoms with Crippen molar-refractivity contribution in [3.8, 4) is 0 Å². The Morgan fingerprint density at radius 2 is 1.58 bits per heavy atom. The van der Waals surface area contributed by atoms with E-state index in [0.717, 1.165) is 32.4 Å². The van der Waals surface area contributed by atoms with Crippen LogP contribution in [0.2, 0.25) is 0 Å². The van der Waals surface area contributed by atoms with Crippen molar-refractivity contribution in [1.82, 2.24) is 0 Å². The van der Waals surface area contributed by atoms with Gasteiger partial charge in [0.1, 0.15) is 6.10 Å². The second kappa shape index (κ2) is 13.4. The van der Waals surface area contributed by atoms with E-state index in [-0.39, 0.29) is 46.3 Å². The first-order valence-electron chi connectivity index (χ1n) is 21.2. The Morgan fingerprint density at radius 1 is 0.925 bits per heavy atom. The molecule has 7 aliphatic rings. The van der Waals surface area contributed by atoms with Crippen molar-refractivity contribution in [1.29, 1.82) is 0 Å². The molecule has 2 N–H and O–H groups in total. The van der Waals surface area contributed by atoms with Crippen molar-refractivity contribution in [3.63, 3.8) is 0 Å². The number of aliphatic hydroxyl groups is 2. The largest absolute Gasteiger partial charge is 0.390 e. The Hall–Kier alpha value is -1.74. The first kappa shape index (κ1) is 38.1. The SMILES string of the molecule is CCOC(C1CC(C)C2C(O1)C(O)C1(C)C3CCC4C(C)(C)C(OC5CN(c6ccccccccc6)CCO5)CCC45CC35CCC21C)C(C)(C)O. The summed E-state index contributed by atoms with van der Waals surface area (Å²) < 4.78 is 26.5. The third-order valence-corrected chi connectivity index (χ3v) is 17.1. The zero-order valence-corrected chi connectivity index (χ0v) is 33.9. The lowest BCUT2D eigenvalue weighted by molar-refractivity contribution is -0.234. The minimum atomic E-state index is -1.02. The summed E-state index contributed by atoms with van der Waals surface area (Å²) in [5.74, 6) is 1.77. The van der Waals surface area contributed by atoms with Crippen LogP contribution in [0, 0.1) is 50.7 Å². The van der Waals surface area contributed by atoms with Crippen molar-refractivity contribution in [3.05, 3.63) is 54.6 Å². The predicted octanol–water partition coefficient (Wildman–Crippen LogP) is 8.35. The fraction of sp³-hybridized carbons (Fsp3) is 0.783. The summed E-state index contributed by atoms with van der Waals surface area (Å²) in [7, 11) is 0. The van der Waals surface area contributed by atoms with E-state index < -0.39 is 17.8 Å². The molecule has 2 saturated heterocycles. The van der Waals surface area contributed by atoms with Gasteiger partial charge in [-0.25, -0.2) is 0 Å². The molecule has 2 heterocycles. The van der Waals surface area contributed by atoms with Gasteiger partial charge in [0.25, 0.3) is 0 Å². The molecule has 0 radical (unpaired) electrons. The first-order chi connectivity index (χ1) is 25.1. The molecular formula is C46H69NO6. The highest BCUT2D eigenvalue weighted by molar-refractivity contribution is 5.45. The number of ether oxygens (including phenoxy) is 4. The molecule has 2 spiro atoms. The molecule has 14 atom stereocenters. The normalized spacial score (nSPS) is 46.1. The number of morpholine rings is 1. The van der Waals surface area contributed by atoms with Gasteiger partial charge in [0.05, 0.1) is 43.2 Å². The standard InChI is InChI=1S/C46H69NO6/c1-9-50-40(42(5,6)49)32-27-30(2)37-38(52-32)39(48)44(8)34-20-19-33-41(3,4)35(21-22-45(33)29-46(34,45)24-23-43(37,44)7)53-36-28-47(25-26-51-36)31-17-15-13-11-10-12-14-16-18-31/h10-18,30,32-40,48-49H,9,19-29H2,1-8H3. The zero-order valence-electron chi connectivity index (χ0n) is 33.9. The molecule has 0 aromatic heterocycles. The summed E-state index contributed by atoms with van der Waals surface area (Å²) in [6.07, 6.45) is 7.73. The molecule has 0 amide bonds. The van der Waals surface area contributed by atoms with Crippen molar-refractivity contribution in [2.75, 3.05) is 31.2 Å². The highest BCUT2D eigenvalue weighted by atomic mass is 16.7. The van der Waals surface area contributed by atoms with Gasteiger partial charge in [0, 0.05) is 24.3 Å². The molecule has 53 heavy (non-hydrogen) atoms. The quantitative estimate of drug-likeness (QED) is 0.292. The number of nitrogens with zero attached hydrogens (tertiary/aromatic N) is 1. The third-order valence-electron chi connectivity index (χ3n) is 17.1. The van der Waals surface area contributed by atoms with Crippen LogP contribution in [0.3, 0.4) is 0 Å². The Kier molecular flexibility index (Phi) is 9.67. The number of aliphatic hydroxyl groups excluding tert-OH is 1. The third kappa shape index (κ3) is 5.70. The van der Waals surface area contributed by atoms with Gasteiger partial charge in [0.2, 0.25) is 0 Å². The summed E-state index contributed by atoms with van der Waals surface area (Å²) in [6, 6.07) is 18.9. The molecule has 8 rings (SSSR count). The Morgan fingerprint density at radius 3 is 2.26 bits per heavy atom. The average molecular weight is 732 g/mol. The molecule has 7 nitrogen and oxygen atoms in total. The van der Waals surface area contributed by atoms with Gasteiger partial charge in [-0.3, -0.25) is 0 Å². The van der Waals surface area contributed by atoms with E-state index in [1.165, 1.54) is 37.8 Å². The van der Waals surface area contributed by atoms with Crippen molar-refractivity contribution in [2.24, 2.45) is 50.7 Å². The molecule has 1 aromatic rings. The van der Waals surface area contributed by atoms with Crippen molar-refractivity contribution < 1.29 is 29.2 Å². The van der Waals surface area contributed by atoms with E-state index in [1.54, 1.807) is 0 Å². The van der Waals surface area contributed by atoms with Crippen LogP contribution in [0.5, 0.6) is 0 Å². The van der Waals surface area contributed by atoms with Crippen molar-refractivity contribution >= 4 is 5.69 Å². The number of anilines is 1. The van der Waals surface area contributed by atoms with Crippen LogP contribution >= 0.6 is 0 Å². The van der Waals surface area contributed by atoms with Gasteiger partial charge in [-0.15, -0.1) is 0 Å². The molecule has 14 unspecified atom stereocenters. The van der Waals surface area contributed by atoms with Crippen LogP contribution in [-0.4, -0.2) is 78.9 Å². The van der Waals surface area contributed by atoms with Crippen LogP contribution in [0.15, 0.2) is 54.6 Å². The van der Waals surface area contributed by atoms with E-state index in [2.05, 4.69) is 88.0 Å². The predicted molar refractivity (Wildman–Crippen MR) is 209 cm³/mol. The topological polar surface area (TPSA) is 80.6 Å². The van der Waals surface area contributed by atoms with E-state index in [4.69, 9.17) is 18.9 Å². The number of fused-ring (bicyclic) bond motifs is 4. The van der Waals surface area contributed by atoms with Crippen LogP contribution in [0.4, 0.5) is 5.69 Å². The van der Waals surface area contributed by atoms with Gasteiger partial charge < -0.3 is 34.1 Å². The van der Waals surface area contributed by atoms with Gasteiger partial charge in [0.15, 0.2) is 6.29 Å². The lowest BCUT2D eigenvalue weighted by Crippen LogP contribution is -2.60. The fourth-order valence-electron chi connectivity index (χ4n) is 14.7. The van der Waals surface area contributed by atoms with Crippen LogP contribution in [-0.2, 0) is 18.9 Å². The van der Waals surface area contributed by atoms with Crippen LogP contribution in [0.1, 0.15) is 107 Å². The molecule has 5 aliphatic carbocycles.